The number of hydrogen-bond acceptors (Lipinski definition) is 3. The van der Waals surface area contributed by atoms with Crippen LogP contribution in [0.1, 0.15) is 37.2 Å². The van der Waals surface area contributed by atoms with Crippen molar-refractivity contribution in [3.8, 4) is 0 Å². The maximum atomic E-state index is 12.5. The summed E-state index contributed by atoms with van der Waals surface area (Å²) in [5.41, 5.74) is 8.48. The standard InChI is InChI=1S/C15H25N3O2/c1-11-6-7-14-12(2)18(9-8-17(11)14)15(19)13(16)5-4-10-20-3/h6-7,12-13H,4-5,8-10,16H2,1-3H3. The average Bonchev–Trinajstić information content (AvgIpc) is 2.81. The van der Waals surface area contributed by atoms with Crippen molar-refractivity contribution in [1.82, 2.24) is 9.47 Å². The molecule has 0 saturated carbocycles. The molecule has 1 aromatic rings. The lowest BCUT2D eigenvalue weighted by atomic mass is 10.1. The van der Waals surface area contributed by atoms with E-state index in [9.17, 15) is 4.79 Å². The molecule has 2 N–H and O–H groups in total. The van der Waals surface area contributed by atoms with Crippen LogP contribution < -0.4 is 5.73 Å². The van der Waals surface area contributed by atoms with Gasteiger partial charge < -0.3 is 19.9 Å². The Balaban J connectivity index is 2.01. The number of fused-ring (bicyclic) bond motifs is 1. The first-order valence-electron chi connectivity index (χ1n) is 7.27. The molecular weight excluding hydrogens is 254 g/mol. The molecule has 1 amide bonds. The molecule has 0 aromatic carbocycles. The summed E-state index contributed by atoms with van der Waals surface area (Å²) in [4.78, 5) is 14.4. The van der Waals surface area contributed by atoms with Crippen LogP contribution in [0.4, 0.5) is 0 Å². The van der Waals surface area contributed by atoms with E-state index < -0.39 is 6.04 Å². The molecule has 112 valence electrons. The fraction of sp³-hybridized carbons (Fsp3) is 0.667. The van der Waals surface area contributed by atoms with Gasteiger partial charge in [0.2, 0.25) is 5.91 Å². The summed E-state index contributed by atoms with van der Waals surface area (Å²) in [6, 6.07) is 3.89. The highest BCUT2D eigenvalue weighted by Gasteiger charge is 2.30. The molecule has 2 unspecified atom stereocenters. The largest absolute Gasteiger partial charge is 0.385 e. The SMILES string of the molecule is COCCCC(N)C(=O)N1CCn2c(C)ccc2C1C. The van der Waals surface area contributed by atoms with E-state index in [0.29, 0.717) is 13.0 Å². The molecule has 1 aromatic heterocycles. The van der Waals surface area contributed by atoms with Crippen molar-refractivity contribution in [2.24, 2.45) is 5.73 Å². The number of aryl methyl sites for hydroxylation is 1. The number of nitrogens with zero attached hydrogens (tertiary/aromatic N) is 2. The second-order valence-corrected chi connectivity index (χ2v) is 5.50. The third-order valence-electron chi connectivity index (χ3n) is 4.16. The topological polar surface area (TPSA) is 60.5 Å². The van der Waals surface area contributed by atoms with Crippen molar-refractivity contribution in [2.45, 2.75) is 45.3 Å². The van der Waals surface area contributed by atoms with E-state index in [4.69, 9.17) is 10.5 Å². The van der Waals surface area contributed by atoms with Gasteiger partial charge in [-0.25, -0.2) is 0 Å². The molecule has 2 heterocycles. The molecule has 1 aliphatic rings. The number of hydrogen-bond donors (Lipinski definition) is 1. The molecule has 2 rings (SSSR count). The molecule has 0 bridgehead atoms. The number of aromatic nitrogens is 1. The summed E-state index contributed by atoms with van der Waals surface area (Å²) in [7, 11) is 1.66. The van der Waals surface area contributed by atoms with Crippen molar-refractivity contribution in [1.29, 1.82) is 0 Å². The van der Waals surface area contributed by atoms with Gasteiger partial charge in [0.15, 0.2) is 0 Å². The van der Waals surface area contributed by atoms with Gasteiger partial charge in [0, 0.05) is 38.2 Å². The zero-order valence-electron chi connectivity index (χ0n) is 12.6. The normalized spacial score (nSPS) is 19.8. The third-order valence-corrected chi connectivity index (χ3v) is 4.16. The number of carbonyl (C=O) groups excluding carboxylic acids is 1. The quantitative estimate of drug-likeness (QED) is 0.830. The van der Waals surface area contributed by atoms with Crippen molar-refractivity contribution >= 4 is 5.91 Å². The maximum absolute atomic E-state index is 12.5. The second kappa shape index (κ2) is 6.41. The Labute approximate surface area is 120 Å². The van der Waals surface area contributed by atoms with Crippen LogP contribution in [0.2, 0.25) is 0 Å². The summed E-state index contributed by atoms with van der Waals surface area (Å²) >= 11 is 0. The first-order valence-corrected chi connectivity index (χ1v) is 7.27. The van der Waals surface area contributed by atoms with Crippen LogP contribution in [-0.4, -0.2) is 41.7 Å². The number of ether oxygens (including phenoxy) is 1. The number of nitrogens with two attached hydrogens (primary N) is 1. The molecule has 5 heteroatoms. The van der Waals surface area contributed by atoms with Gasteiger partial charge in [0.25, 0.3) is 0 Å². The first kappa shape index (κ1) is 15.1. The van der Waals surface area contributed by atoms with E-state index in [1.165, 1.54) is 11.4 Å². The van der Waals surface area contributed by atoms with E-state index in [0.717, 1.165) is 19.5 Å². The highest BCUT2D eigenvalue weighted by atomic mass is 16.5. The lowest BCUT2D eigenvalue weighted by Gasteiger charge is -2.37. The monoisotopic (exact) mass is 279 g/mol. The molecule has 0 aliphatic carbocycles. The summed E-state index contributed by atoms with van der Waals surface area (Å²) in [6.45, 7) is 6.42. The number of carbonyl (C=O) groups is 1. The number of methoxy groups -OCH3 is 1. The van der Waals surface area contributed by atoms with E-state index >= 15 is 0 Å². The maximum Gasteiger partial charge on any atom is 0.240 e. The Morgan fingerprint density at radius 1 is 1.50 bits per heavy atom. The highest BCUT2D eigenvalue weighted by Crippen LogP contribution is 2.27. The molecule has 1 aliphatic heterocycles. The fourth-order valence-corrected chi connectivity index (χ4v) is 2.91. The Morgan fingerprint density at radius 2 is 2.25 bits per heavy atom. The van der Waals surface area contributed by atoms with Crippen molar-refractivity contribution < 1.29 is 9.53 Å². The van der Waals surface area contributed by atoms with Gasteiger partial charge in [-0.15, -0.1) is 0 Å². The molecule has 2 atom stereocenters. The summed E-state index contributed by atoms with van der Waals surface area (Å²) in [5, 5.41) is 0. The Kier molecular flexibility index (Phi) is 4.83. The Morgan fingerprint density at radius 3 is 2.95 bits per heavy atom. The van der Waals surface area contributed by atoms with Gasteiger partial charge in [0.1, 0.15) is 0 Å². The zero-order chi connectivity index (χ0) is 14.7. The van der Waals surface area contributed by atoms with Crippen LogP contribution in [0.15, 0.2) is 12.1 Å². The van der Waals surface area contributed by atoms with Crippen molar-refractivity contribution in [3.63, 3.8) is 0 Å². The Bertz CT molecular complexity index is 470. The minimum atomic E-state index is -0.421. The first-order chi connectivity index (χ1) is 9.56. The fourth-order valence-electron chi connectivity index (χ4n) is 2.91. The smallest absolute Gasteiger partial charge is 0.240 e. The van der Waals surface area contributed by atoms with Gasteiger partial charge in [-0.3, -0.25) is 4.79 Å². The second-order valence-electron chi connectivity index (χ2n) is 5.50. The molecule has 0 saturated heterocycles. The summed E-state index contributed by atoms with van der Waals surface area (Å²) in [5.74, 6) is 0.0544. The number of rotatable bonds is 5. The average molecular weight is 279 g/mol. The van der Waals surface area contributed by atoms with E-state index in [2.05, 4.69) is 30.5 Å². The molecule has 20 heavy (non-hydrogen) atoms. The van der Waals surface area contributed by atoms with E-state index in [1.54, 1.807) is 7.11 Å². The van der Waals surface area contributed by atoms with Crippen LogP contribution >= 0.6 is 0 Å². The number of amides is 1. The van der Waals surface area contributed by atoms with E-state index in [-0.39, 0.29) is 11.9 Å². The van der Waals surface area contributed by atoms with E-state index in [1.807, 2.05) is 4.90 Å². The molecule has 5 nitrogen and oxygen atoms in total. The zero-order valence-corrected chi connectivity index (χ0v) is 12.6. The molecule has 0 radical (unpaired) electrons. The molecule has 0 fully saturated rings. The molecular formula is C15H25N3O2. The van der Waals surface area contributed by atoms with Crippen LogP contribution in [0, 0.1) is 6.92 Å². The minimum Gasteiger partial charge on any atom is -0.385 e. The predicted molar refractivity (Wildman–Crippen MR) is 78.4 cm³/mol. The van der Waals surface area contributed by atoms with Gasteiger partial charge >= 0.3 is 0 Å². The van der Waals surface area contributed by atoms with Gasteiger partial charge in [-0.2, -0.15) is 0 Å². The third kappa shape index (κ3) is 2.88. The van der Waals surface area contributed by atoms with Gasteiger partial charge in [-0.05, 0) is 38.8 Å². The predicted octanol–water partition coefficient (Wildman–Crippen LogP) is 1.45. The summed E-state index contributed by atoms with van der Waals surface area (Å²) in [6.07, 6.45) is 1.50. The van der Waals surface area contributed by atoms with Crippen LogP contribution in [0.25, 0.3) is 0 Å². The van der Waals surface area contributed by atoms with Crippen LogP contribution in [0.3, 0.4) is 0 Å². The lowest BCUT2D eigenvalue weighted by molar-refractivity contribution is -0.136. The summed E-state index contributed by atoms with van der Waals surface area (Å²) < 4.78 is 7.29. The molecule has 0 spiro atoms. The van der Waals surface area contributed by atoms with Gasteiger partial charge in [0.05, 0.1) is 12.1 Å². The van der Waals surface area contributed by atoms with Gasteiger partial charge in [-0.1, -0.05) is 0 Å². The van der Waals surface area contributed by atoms with Crippen LogP contribution in [0.5, 0.6) is 0 Å². The van der Waals surface area contributed by atoms with Crippen molar-refractivity contribution in [3.05, 3.63) is 23.5 Å². The highest BCUT2D eigenvalue weighted by molar-refractivity contribution is 5.82. The minimum absolute atomic E-state index is 0.0544. The van der Waals surface area contributed by atoms with Crippen LogP contribution in [-0.2, 0) is 16.1 Å². The Hall–Kier alpha value is -1.33. The lowest BCUT2D eigenvalue weighted by Crippen LogP contribution is -2.48. The van der Waals surface area contributed by atoms with Crippen molar-refractivity contribution in [2.75, 3.05) is 20.3 Å².